The first-order valence-corrected chi connectivity index (χ1v) is 7.00. The van der Waals surface area contributed by atoms with E-state index in [1.54, 1.807) is 18.9 Å². The fraction of sp³-hybridized carbons (Fsp3) is 0.583. The average molecular weight is 302 g/mol. The van der Waals surface area contributed by atoms with Gasteiger partial charge in [0.2, 0.25) is 0 Å². The standard InChI is InChI=1S/C12H18N2O5S/c1-3-19-11(17)6-8-9(20-12(18)13-8)7-14(2)5-4-10(15)16/h3-7H2,1-2H3,(H,13,18)(H,15,16). The first-order chi connectivity index (χ1) is 9.42. The lowest BCUT2D eigenvalue weighted by molar-refractivity contribution is -0.142. The number of hydrogen-bond acceptors (Lipinski definition) is 6. The number of carbonyl (C=O) groups is 2. The van der Waals surface area contributed by atoms with E-state index in [4.69, 9.17) is 9.84 Å². The number of carboxylic acids is 1. The first-order valence-electron chi connectivity index (χ1n) is 6.19. The number of H-pyrrole nitrogens is 1. The molecule has 1 aromatic rings. The van der Waals surface area contributed by atoms with Crippen molar-refractivity contribution in [1.29, 1.82) is 0 Å². The number of nitrogens with zero attached hydrogens (tertiary/aromatic N) is 1. The molecule has 0 bridgehead atoms. The highest BCUT2D eigenvalue weighted by molar-refractivity contribution is 7.09. The van der Waals surface area contributed by atoms with Gasteiger partial charge in [0, 0.05) is 23.7 Å². The van der Waals surface area contributed by atoms with Gasteiger partial charge in [-0.15, -0.1) is 0 Å². The maximum Gasteiger partial charge on any atom is 0.311 e. The number of esters is 1. The molecule has 0 amide bonds. The van der Waals surface area contributed by atoms with Crippen molar-refractivity contribution < 1.29 is 19.4 Å². The van der Waals surface area contributed by atoms with Gasteiger partial charge >= 0.3 is 16.8 Å². The molecule has 112 valence electrons. The van der Waals surface area contributed by atoms with Crippen LogP contribution >= 0.6 is 11.3 Å². The number of carboxylic acid groups (broad SMARTS) is 1. The Morgan fingerprint density at radius 2 is 2.15 bits per heavy atom. The third-order valence-electron chi connectivity index (χ3n) is 2.55. The van der Waals surface area contributed by atoms with Crippen molar-refractivity contribution in [2.75, 3.05) is 20.2 Å². The highest BCUT2D eigenvalue weighted by Gasteiger charge is 2.15. The minimum Gasteiger partial charge on any atom is -0.481 e. The number of aromatic nitrogens is 1. The summed E-state index contributed by atoms with van der Waals surface area (Å²) in [6.07, 6.45) is 0.0533. The average Bonchev–Trinajstić information content (AvgIpc) is 2.67. The topological polar surface area (TPSA) is 99.7 Å². The molecule has 7 nitrogen and oxygen atoms in total. The Morgan fingerprint density at radius 3 is 2.75 bits per heavy atom. The van der Waals surface area contributed by atoms with Crippen LogP contribution in [0.1, 0.15) is 23.9 Å². The van der Waals surface area contributed by atoms with Crippen LogP contribution in [0.15, 0.2) is 4.79 Å². The van der Waals surface area contributed by atoms with E-state index in [1.165, 1.54) is 0 Å². The Kier molecular flexibility index (Phi) is 6.40. The van der Waals surface area contributed by atoms with Crippen molar-refractivity contribution in [3.63, 3.8) is 0 Å². The van der Waals surface area contributed by atoms with Crippen molar-refractivity contribution in [3.8, 4) is 0 Å². The molecule has 1 aromatic heterocycles. The molecule has 0 aliphatic heterocycles. The second kappa shape index (κ2) is 7.81. The van der Waals surface area contributed by atoms with Crippen LogP contribution in [-0.2, 0) is 27.3 Å². The molecule has 1 rings (SSSR count). The van der Waals surface area contributed by atoms with Crippen LogP contribution in [0.5, 0.6) is 0 Å². The number of nitrogens with one attached hydrogen (secondary N) is 1. The van der Waals surface area contributed by atoms with Gasteiger partial charge in [-0.2, -0.15) is 0 Å². The number of thiazole rings is 1. The Bertz CT molecular complexity index is 522. The van der Waals surface area contributed by atoms with E-state index in [9.17, 15) is 14.4 Å². The third kappa shape index (κ3) is 5.54. The lowest BCUT2D eigenvalue weighted by Gasteiger charge is -2.14. The van der Waals surface area contributed by atoms with E-state index in [-0.39, 0.29) is 17.7 Å². The Balaban J connectivity index is 2.67. The van der Waals surface area contributed by atoms with Crippen molar-refractivity contribution in [2.45, 2.75) is 26.3 Å². The molecule has 0 fully saturated rings. The summed E-state index contributed by atoms with van der Waals surface area (Å²) in [4.78, 5) is 38.3. The second-order valence-electron chi connectivity index (χ2n) is 4.28. The van der Waals surface area contributed by atoms with E-state index in [2.05, 4.69) is 4.98 Å². The van der Waals surface area contributed by atoms with Gasteiger partial charge in [-0.05, 0) is 14.0 Å². The SMILES string of the molecule is CCOC(=O)Cc1[nH]c(=O)sc1CN(C)CCC(=O)O. The summed E-state index contributed by atoms with van der Waals surface area (Å²) in [5.74, 6) is -1.26. The van der Waals surface area contributed by atoms with Crippen molar-refractivity contribution in [3.05, 3.63) is 20.2 Å². The lowest BCUT2D eigenvalue weighted by Crippen LogP contribution is -2.21. The minimum absolute atomic E-state index is 0.0225. The van der Waals surface area contributed by atoms with Crippen LogP contribution in [0.3, 0.4) is 0 Å². The number of carbonyl (C=O) groups excluding carboxylic acids is 1. The molecule has 0 aromatic carbocycles. The number of aromatic amines is 1. The quantitative estimate of drug-likeness (QED) is 0.676. The van der Waals surface area contributed by atoms with Gasteiger partial charge in [0.25, 0.3) is 0 Å². The molecule has 20 heavy (non-hydrogen) atoms. The van der Waals surface area contributed by atoms with Gasteiger partial charge in [0.1, 0.15) is 0 Å². The Labute approximate surface area is 120 Å². The van der Waals surface area contributed by atoms with Gasteiger partial charge in [0.05, 0.1) is 19.4 Å². The largest absolute Gasteiger partial charge is 0.481 e. The first kappa shape index (κ1) is 16.4. The Hall–Kier alpha value is -1.67. The molecule has 8 heteroatoms. The van der Waals surface area contributed by atoms with Crippen LogP contribution in [-0.4, -0.2) is 47.1 Å². The van der Waals surface area contributed by atoms with E-state index >= 15 is 0 Å². The molecular weight excluding hydrogens is 284 g/mol. The number of ether oxygens (including phenoxy) is 1. The van der Waals surface area contributed by atoms with Gasteiger partial charge in [0.15, 0.2) is 0 Å². The van der Waals surface area contributed by atoms with E-state index in [1.807, 2.05) is 0 Å². The van der Waals surface area contributed by atoms with Crippen LogP contribution in [0.4, 0.5) is 0 Å². The van der Waals surface area contributed by atoms with Crippen molar-refractivity contribution >= 4 is 23.3 Å². The van der Waals surface area contributed by atoms with Gasteiger partial charge < -0.3 is 19.7 Å². The van der Waals surface area contributed by atoms with Crippen LogP contribution in [0.25, 0.3) is 0 Å². The normalized spacial score (nSPS) is 10.8. The summed E-state index contributed by atoms with van der Waals surface area (Å²) in [7, 11) is 1.77. The molecule has 1 heterocycles. The van der Waals surface area contributed by atoms with Crippen LogP contribution in [0, 0.1) is 0 Å². The molecule has 0 radical (unpaired) electrons. The molecule has 0 saturated heterocycles. The summed E-state index contributed by atoms with van der Waals surface area (Å²) in [6, 6.07) is 0. The lowest BCUT2D eigenvalue weighted by atomic mass is 10.2. The summed E-state index contributed by atoms with van der Waals surface area (Å²) in [5.41, 5.74) is 0.542. The van der Waals surface area contributed by atoms with Crippen LogP contribution in [0.2, 0.25) is 0 Å². The van der Waals surface area contributed by atoms with Gasteiger partial charge in [-0.3, -0.25) is 14.4 Å². The fourth-order valence-corrected chi connectivity index (χ4v) is 2.56. The molecule has 2 N–H and O–H groups in total. The maximum atomic E-state index is 11.4. The Morgan fingerprint density at radius 1 is 1.45 bits per heavy atom. The number of rotatable bonds is 8. The molecule has 0 aliphatic carbocycles. The highest BCUT2D eigenvalue weighted by Crippen LogP contribution is 2.13. The smallest absolute Gasteiger partial charge is 0.311 e. The monoisotopic (exact) mass is 302 g/mol. The van der Waals surface area contributed by atoms with Crippen molar-refractivity contribution in [2.24, 2.45) is 0 Å². The minimum atomic E-state index is -0.870. The number of hydrogen-bond donors (Lipinski definition) is 2. The zero-order valence-corrected chi connectivity index (χ0v) is 12.3. The fourth-order valence-electron chi connectivity index (χ4n) is 1.63. The molecule has 0 saturated carbocycles. The molecule has 0 atom stereocenters. The zero-order chi connectivity index (χ0) is 15.1. The van der Waals surface area contributed by atoms with Crippen LogP contribution < -0.4 is 4.87 Å². The summed E-state index contributed by atoms with van der Waals surface area (Å²) < 4.78 is 4.85. The highest BCUT2D eigenvalue weighted by atomic mass is 32.1. The third-order valence-corrected chi connectivity index (χ3v) is 3.46. The van der Waals surface area contributed by atoms with Gasteiger partial charge in [-0.1, -0.05) is 11.3 Å². The molecular formula is C12H18N2O5S. The van der Waals surface area contributed by atoms with Gasteiger partial charge in [-0.25, -0.2) is 0 Å². The second-order valence-corrected chi connectivity index (χ2v) is 5.35. The summed E-state index contributed by atoms with van der Waals surface area (Å²) in [5, 5.41) is 8.62. The van der Waals surface area contributed by atoms with Crippen molar-refractivity contribution in [1.82, 2.24) is 9.88 Å². The zero-order valence-electron chi connectivity index (χ0n) is 11.5. The number of aliphatic carboxylic acids is 1. The molecule has 0 aliphatic rings. The summed E-state index contributed by atoms with van der Waals surface area (Å²) >= 11 is 1.03. The van der Waals surface area contributed by atoms with E-state index in [0.29, 0.717) is 25.4 Å². The predicted molar refractivity (Wildman–Crippen MR) is 73.9 cm³/mol. The van der Waals surface area contributed by atoms with E-state index in [0.717, 1.165) is 16.2 Å². The maximum absolute atomic E-state index is 11.4. The molecule has 0 spiro atoms. The predicted octanol–water partition coefficient (Wildman–Crippen LogP) is 0.448. The van der Waals surface area contributed by atoms with E-state index < -0.39 is 11.9 Å². The summed E-state index contributed by atoms with van der Waals surface area (Å²) in [6.45, 7) is 2.81. The molecule has 0 unspecified atom stereocenters.